The minimum Gasteiger partial charge on any atom is -0.348 e. The van der Waals surface area contributed by atoms with E-state index in [2.05, 4.69) is 35.3 Å². The number of nitrogens with one attached hydrogen (secondary N) is 2. The van der Waals surface area contributed by atoms with Gasteiger partial charge in [0.25, 0.3) is 0 Å². The van der Waals surface area contributed by atoms with Gasteiger partial charge in [-0.3, -0.25) is 0 Å². The first kappa shape index (κ1) is 9.71. The minimum atomic E-state index is 0.500. The van der Waals surface area contributed by atoms with Gasteiger partial charge in [-0.1, -0.05) is 13.8 Å². The van der Waals surface area contributed by atoms with Gasteiger partial charge in [-0.15, -0.1) is 0 Å². The van der Waals surface area contributed by atoms with E-state index in [4.69, 9.17) is 0 Å². The van der Waals surface area contributed by atoms with Crippen molar-refractivity contribution in [3.05, 3.63) is 17.7 Å². The number of H-pyrrole nitrogens is 1. The Balaban J connectivity index is 2.07. The van der Waals surface area contributed by atoms with Gasteiger partial charge in [0.2, 0.25) is 0 Å². The van der Waals surface area contributed by atoms with E-state index in [0.29, 0.717) is 11.8 Å². The molecule has 0 saturated carbocycles. The van der Waals surface area contributed by atoms with E-state index in [1.54, 1.807) is 0 Å². The normalized spacial score (nSPS) is 22.9. The van der Waals surface area contributed by atoms with Gasteiger partial charge in [-0.2, -0.15) is 0 Å². The van der Waals surface area contributed by atoms with Crippen molar-refractivity contribution in [1.29, 1.82) is 0 Å². The lowest BCUT2D eigenvalue weighted by Gasteiger charge is -2.20. The fourth-order valence-corrected chi connectivity index (χ4v) is 1.96. The maximum absolute atomic E-state index is 4.64. The first-order valence-corrected chi connectivity index (χ1v) is 5.53. The molecule has 0 aromatic carbocycles. The lowest BCUT2D eigenvalue weighted by molar-refractivity contribution is 0.455. The molecule has 0 spiro atoms. The topological polar surface area (TPSA) is 40.7 Å². The van der Waals surface area contributed by atoms with Crippen molar-refractivity contribution in [2.24, 2.45) is 0 Å². The van der Waals surface area contributed by atoms with Crippen LogP contribution in [0.5, 0.6) is 0 Å². The number of aromatic amines is 1. The van der Waals surface area contributed by atoms with Crippen molar-refractivity contribution < 1.29 is 0 Å². The van der Waals surface area contributed by atoms with E-state index in [0.717, 1.165) is 18.9 Å². The average molecular weight is 193 g/mol. The van der Waals surface area contributed by atoms with Crippen molar-refractivity contribution >= 4 is 0 Å². The van der Waals surface area contributed by atoms with Gasteiger partial charge in [-0.25, -0.2) is 4.98 Å². The highest BCUT2D eigenvalue weighted by atomic mass is 14.9. The van der Waals surface area contributed by atoms with Crippen molar-refractivity contribution in [2.75, 3.05) is 13.1 Å². The summed E-state index contributed by atoms with van der Waals surface area (Å²) in [5, 5.41) is 3.42. The molecule has 14 heavy (non-hydrogen) atoms. The number of hydrogen-bond donors (Lipinski definition) is 2. The van der Waals surface area contributed by atoms with Gasteiger partial charge in [-0.05, 0) is 19.4 Å². The Morgan fingerprint density at radius 1 is 1.50 bits per heavy atom. The zero-order chi connectivity index (χ0) is 9.97. The van der Waals surface area contributed by atoms with Gasteiger partial charge in [0.1, 0.15) is 5.82 Å². The molecule has 2 heterocycles. The number of aromatic nitrogens is 2. The summed E-state index contributed by atoms with van der Waals surface area (Å²) in [6.07, 6.45) is 4.62. The van der Waals surface area contributed by atoms with Crippen LogP contribution < -0.4 is 5.32 Å². The molecule has 1 aromatic heterocycles. The summed E-state index contributed by atoms with van der Waals surface area (Å²) in [4.78, 5) is 7.90. The van der Waals surface area contributed by atoms with Crippen LogP contribution in [0.3, 0.4) is 0 Å². The molecule has 3 heteroatoms. The van der Waals surface area contributed by atoms with Crippen LogP contribution in [0.25, 0.3) is 0 Å². The minimum absolute atomic E-state index is 0.500. The molecule has 2 rings (SSSR count). The Bertz CT molecular complexity index is 284. The van der Waals surface area contributed by atoms with E-state index in [1.807, 2.05) is 0 Å². The molecule has 0 bridgehead atoms. The second-order valence-corrected chi connectivity index (χ2v) is 4.41. The van der Waals surface area contributed by atoms with Crippen molar-refractivity contribution in [3.8, 4) is 0 Å². The maximum atomic E-state index is 4.64. The van der Waals surface area contributed by atoms with Crippen LogP contribution in [0.1, 0.15) is 50.0 Å². The molecule has 1 aliphatic rings. The molecule has 0 aliphatic carbocycles. The van der Waals surface area contributed by atoms with E-state index >= 15 is 0 Å². The van der Waals surface area contributed by atoms with E-state index in [1.165, 1.54) is 18.5 Å². The third-order valence-corrected chi connectivity index (χ3v) is 2.88. The number of rotatable bonds is 2. The summed E-state index contributed by atoms with van der Waals surface area (Å²) in [5.41, 5.74) is 1.24. The summed E-state index contributed by atoms with van der Waals surface area (Å²) >= 11 is 0. The molecule has 1 fully saturated rings. The second-order valence-electron chi connectivity index (χ2n) is 4.41. The highest BCUT2D eigenvalue weighted by molar-refractivity contribution is 5.10. The Labute approximate surface area is 85.3 Å². The van der Waals surface area contributed by atoms with E-state index < -0.39 is 0 Å². The number of nitrogens with zero attached hydrogens (tertiary/aromatic N) is 1. The largest absolute Gasteiger partial charge is 0.348 e. The molecule has 1 atom stereocenters. The molecule has 1 aliphatic heterocycles. The predicted octanol–water partition coefficient (Wildman–Crippen LogP) is 2.00. The Morgan fingerprint density at radius 3 is 2.93 bits per heavy atom. The quantitative estimate of drug-likeness (QED) is 0.754. The number of piperidine rings is 1. The van der Waals surface area contributed by atoms with E-state index in [9.17, 15) is 0 Å². The first-order chi connectivity index (χ1) is 6.77. The average Bonchev–Trinajstić information content (AvgIpc) is 2.68. The van der Waals surface area contributed by atoms with Crippen molar-refractivity contribution in [1.82, 2.24) is 15.3 Å². The Hall–Kier alpha value is -0.830. The first-order valence-electron chi connectivity index (χ1n) is 5.53. The van der Waals surface area contributed by atoms with Crippen LogP contribution in [0.2, 0.25) is 0 Å². The molecule has 0 amide bonds. The van der Waals surface area contributed by atoms with Crippen molar-refractivity contribution in [3.63, 3.8) is 0 Å². The lowest BCUT2D eigenvalue weighted by Crippen LogP contribution is -2.28. The zero-order valence-corrected chi connectivity index (χ0v) is 9.01. The highest BCUT2D eigenvalue weighted by Gasteiger charge is 2.18. The molecule has 3 nitrogen and oxygen atoms in total. The van der Waals surface area contributed by atoms with Crippen LogP contribution in [-0.2, 0) is 0 Å². The molecule has 1 saturated heterocycles. The fourth-order valence-electron chi connectivity index (χ4n) is 1.96. The van der Waals surface area contributed by atoms with Crippen LogP contribution in [0, 0.1) is 0 Å². The number of hydrogen-bond acceptors (Lipinski definition) is 2. The zero-order valence-electron chi connectivity index (χ0n) is 9.01. The third kappa shape index (κ3) is 1.98. The Kier molecular flexibility index (Phi) is 2.87. The molecule has 2 N–H and O–H groups in total. The standard InChI is InChI=1S/C11H19N3/c1-8(2)11-13-7-10(14-11)9-4-3-5-12-6-9/h7-9,12H,3-6H2,1-2H3,(H,13,14). The molecular formula is C11H19N3. The van der Waals surface area contributed by atoms with Crippen molar-refractivity contribution in [2.45, 2.75) is 38.5 Å². The molecule has 1 unspecified atom stereocenters. The van der Waals surface area contributed by atoms with Gasteiger partial charge in [0.15, 0.2) is 0 Å². The SMILES string of the molecule is CC(C)c1nc(C2CCCNC2)c[nH]1. The lowest BCUT2D eigenvalue weighted by atomic mass is 9.97. The van der Waals surface area contributed by atoms with Crippen LogP contribution in [0.4, 0.5) is 0 Å². The van der Waals surface area contributed by atoms with Gasteiger partial charge in [0, 0.05) is 24.6 Å². The number of imidazole rings is 1. The Morgan fingerprint density at radius 2 is 2.36 bits per heavy atom. The monoisotopic (exact) mass is 193 g/mol. The molecule has 78 valence electrons. The van der Waals surface area contributed by atoms with Crippen LogP contribution in [-0.4, -0.2) is 23.1 Å². The summed E-state index contributed by atoms with van der Waals surface area (Å²) in [6.45, 7) is 6.59. The second kappa shape index (κ2) is 4.13. The van der Waals surface area contributed by atoms with E-state index in [-0.39, 0.29) is 0 Å². The maximum Gasteiger partial charge on any atom is 0.108 e. The highest BCUT2D eigenvalue weighted by Crippen LogP contribution is 2.22. The summed E-state index contributed by atoms with van der Waals surface area (Å²) in [6, 6.07) is 0. The van der Waals surface area contributed by atoms with Crippen LogP contribution >= 0.6 is 0 Å². The smallest absolute Gasteiger partial charge is 0.108 e. The summed E-state index contributed by atoms with van der Waals surface area (Å²) in [7, 11) is 0. The molecule has 0 radical (unpaired) electrons. The molecular weight excluding hydrogens is 174 g/mol. The predicted molar refractivity (Wildman–Crippen MR) is 57.5 cm³/mol. The van der Waals surface area contributed by atoms with Crippen LogP contribution in [0.15, 0.2) is 6.20 Å². The van der Waals surface area contributed by atoms with Gasteiger partial charge < -0.3 is 10.3 Å². The summed E-state index contributed by atoms with van der Waals surface area (Å²) < 4.78 is 0. The fraction of sp³-hybridized carbons (Fsp3) is 0.727. The van der Waals surface area contributed by atoms with Gasteiger partial charge >= 0.3 is 0 Å². The van der Waals surface area contributed by atoms with Gasteiger partial charge in [0.05, 0.1) is 5.69 Å². The molecule has 1 aromatic rings. The third-order valence-electron chi connectivity index (χ3n) is 2.88. The summed E-state index contributed by atoms with van der Waals surface area (Å²) in [5.74, 6) is 2.23.